The largest absolute Gasteiger partial charge is 0.353 e. The van der Waals surface area contributed by atoms with Crippen molar-refractivity contribution in [2.75, 3.05) is 0 Å². The van der Waals surface area contributed by atoms with Crippen LogP contribution < -0.4 is 5.32 Å². The van der Waals surface area contributed by atoms with Crippen LogP contribution in [0.1, 0.15) is 49.7 Å². The number of nitrogens with one attached hydrogen (secondary N) is 1. The number of rotatable bonds is 6. The van der Waals surface area contributed by atoms with Crippen molar-refractivity contribution in [2.24, 2.45) is 9.98 Å². The summed E-state index contributed by atoms with van der Waals surface area (Å²) in [6, 6.07) is 13.3. The molecule has 0 aromatic heterocycles. The fourth-order valence-electron chi connectivity index (χ4n) is 4.72. The summed E-state index contributed by atoms with van der Waals surface area (Å²) in [6.07, 6.45) is 5.34. The highest BCUT2D eigenvalue weighted by atomic mass is 32.2. The Hall–Kier alpha value is -3.53. The lowest BCUT2D eigenvalue weighted by Gasteiger charge is -2.31. The van der Waals surface area contributed by atoms with Gasteiger partial charge in [0.2, 0.25) is 5.91 Å². The van der Waals surface area contributed by atoms with Gasteiger partial charge in [0.15, 0.2) is 5.17 Å². The highest BCUT2D eigenvalue weighted by Gasteiger charge is 2.42. The molecule has 180 valence electrons. The fraction of sp³-hybridized carbons (Fsp3) is 0.360. The van der Waals surface area contributed by atoms with Gasteiger partial charge in [-0.2, -0.15) is 4.99 Å². The molecule has 3 aliphatic rings. The number of amidine groups is 2. The van der Waals surface area contributed by atoms with Crippen LogP contribution in [0.25, 0.3) is 0 Å². The minimum atomic E-state index is -0.765. The highest BCUT2D eigenvalue weighted by molar-refractivity contribution is 8.13. The predicted octanol–water partition coefficient (Wildman–Crippen LogP) is 4.33. The average molecular weight is 492 g/mol. The van der Waals surface area contributed by atoms with E-state index in [4.69, 9.17) is 4.99 Å². The van der Waals surface area contributed by atoms with E-state index in [1.54, 1.807) is 11.0 Å². The van der Waals surface area contributed by atoms with Crippen LogP contribution >= 0.6 is 11.8 Å². The second kappa shape index (κ2) is 9.99. The molecule has 1 fully saturated rings. The number of amides is 2. The van der Waals surface area contributed by atoms with E-state index in [0.717, 1.165) is 36.8 Å². The van der Waals surface area contributed by atoms with E-state index >= 15 is 0 Å². The van der Waals surface area contributed by atoms with Gasteiger partial charge in [-0.05, 0) is 30.5 Å². The van der Waals surface area contributed by atoms with Gasteiger partial charge in [0.1, 0.15) is 11.9 Å². The van der Waals surface area contributed by atoms with Crippen LogP contribution in [-0.4, -0.2) is 44.7 Å². The van der Waals surface area contributed by atoms with Gasteiger partial charge < -0.3 is 5.32 Å². The number of nitrogens with zero attached hydrogens (tertiary/aromatic N) is 4. The minimum absolute atomic E-state index is 0.000882. The lowest BCUT2D eigenvalue weighted by Crippen LogP contribution is -2.47. The molecule has 2 aromatic rings. The van der Waals surface area contributed by atoms with E-state index in [0.29, 0.717) is 22.4 Å². The highest BCUT2D eigenvalue weighted by Crippen LogP contribution is 2.36. The van der Waals surface area contributed by atoms with Gasteiger partial charge in [-0.1, -0.05) is 55.3 Å². The van der Waals surface area contributed by atoms with Gasteiger partial charge in [0, 0.05) is 29.5 Å². The number of thioether (sulfide) groups is 1. The molecular weight excluding hydrogens is 466 g/mol. The lowest BCUT2D eigenvalue weighted by atomic mass is 9.95. The minimum Gasteiger partial charge on any atom is -0.353 e. The van der Waals surface area contributed by atoms with Crippen molar-refractivity contribution in [1.29, 1.82) is 0 Å². The summed E-state index contributed by atoms with van der Waals surface area (Å²) < 4.78 is 0. The molecule has 0 radical (unpaired) electrons. The maximum atomic E-state index is 13.0. The standard InChI is InChI=1S/C25H25N5O4S/c31-22(26-17-8-2-1-3-9-17)14-21-24(32)28-23-19-11-4-5-12-20(19)27-25(29(21)23)35-15-16-7-6-10-18(13-16)30(33)34/h4-7,10-13,17,21H,1-3,8-9,14-15H2,(H,26,31). The fourth-order valence-corrected chi connectivity index (χ4v) is 5.71. The second-order valence-electron chi connectivity index (χ2n) is 8.89. The van der Waals surface area contributed by atoms with Gasteiger partial charge in [0.05, 0.1) is 17.0 Å². The monoisotopic (exact) mass is 491 g/mol. The zero-order chi connectivity index (χ0) is 24.4. The van der Waals surface area contributed by atoms with Crippen LogP contribution in [-0.2, 0) is 15.3 Å². The van der Waals surface area contributed by atoms with Gasteiger partial charge in [-0.25, -0.2) is 4.99 Å². The summed E-state index contributed by atoms with van der Waals surface area (Å²) >= 11 is 1.37. The summed E-state index contributed by atoms with van der Waals surface area (Å²) in [7, 11) is 0. The van der Waals surface area contributed by atoms with E-state index in [2.05, 4.69) is 10.3 Å². The van der Waals surface area contributed by atoms with E-state index < -0.39 is 11.0 Å². The van der Waals surface area contributed by atoms with Crippen LogP contribution in [0.4, 0.5) is 11.4 Å². The van der Waals surface area contributed by atoms with Crippen LogP contribution in [0.2, 0.25) is 0 Å². The van der Waals surface area contributed by atoms with Crippen LogP contribution in [0.15, 0.2) is 58.5 Å². The topological polar surface area (TPSA) is 117 Å². The zero-order valence-electron chi connectivity index (χ0n) is 19.1. The summed E-state index contributed by atoms with van der Waals surface area (Å²) in [5.41, 5.74) is 2.23. The number of hydrogen-bond donors (Lipinski definition) is 1. The maximum absolute atomic E-state index is 13.0. The van der Waals surface area contributed by atoms with Gasteiger partial charge in [-0.15, -0.1) is 0 Å². The third-order valence-corrected chi connectivity index (χ3v) is 7.47. The maximum Gasteiger partial charge on any atom is 0.271 e. The molecule has 1 atom stereocenters. The predicted molar refractivity (Wildman–Crippen MR) is 135 cm³/mol. The molecule has 2 aliphatic heterocycles. The first-order chi connectivity index (χ1) is 17.0. The normalized spacial score (nSPS) is 19.5. The molecule has 9 nitrogen and oxygen atoms in total. The summed E-state index contributed by atoms with van der Waals surface area (Å²) in [5, 5.41) is 14.8. The Bertz CT molecular complexity index is 1240. The van der Waals surface area contributed by atoms with Gasteiger partial charge in [-0.3, -0.25) is 24.6 Å². The molecule has 35 heavy (non-hydrogen) atoms. The Labute approximate surface area is 206 Å². The van der Waals surface area contributed by atoms with Crippen LogP contribution in [0.5, 0.6) is 0 Å². The van der Waals surface area contributed by atoms with Crippen molar-refractivity contribution in [3.05, 3.63) is 69.8 Å². The molecule has 2 heterocycles. The number of aliphatic imine (C=N–C) groups is 2. The molecular formula is C25H25N5O4S. The smallest absolute Gasteiger partial charge is 0.271 e. The first kappa shape index (κ1) is 23.2. The number of para-hydroxylation sites is 1. The number of nitro groups is 1. The molecule has 0 spiro atoms. The molecule has 1 saturated carbocycles. The quantitative estimate of drug-likeness (QED) is 0.475. The van der Waals surface area contributed by atoms with Crippen molar-refractivity contribution in [2.45, 2.75) is 56.4 Å². The lowest BCUT2D eigenvalue weighted by molar-refractivity contribution is -0.384. The second-order valence-corrected chi connectivity index (χ2v) is 9.84. The molecule has 0 bridgehead atoms. The summed E-state index contributed by atoms with van der Waals surface area (Å²) in [4.78, 5) is 47.4. The van der Waals surface area contributed by atoms with Crippen molar-refractivity contribution in [1.82, 2.24) is 10.2 Å². The third kappa shape index (κ3) is 4.97. The van der Waals surface area contributed by atoms with Crippen molar-refractivity contribution in [3.63, 3.8) is 0 Å². The first-order valence-electron chi connectivity index (χ1n) is 11.7. The molecule has 1 aliphatic carbocycles. The molecule has 2 aromatic carbocycles. The number of carbonyl (C=O) groups is 2. The van der Waals surface area contributed by atoms with Crippen molar-refractivity contribution >= 4 is 46.0 Å². The molecule has 5 rings (SSSR count). The number of nitro benzene ring substituents is 1. The molecule has 1 unspecified atom stereocenters. The van der Waals surface area contributed by atoms with E-state index in [9.17, 15) is 19.7 Å². The van der Waals surface area contributed by atoms with Crippen molar-refractivity contribution in [3.8, 4) is 0 Å². The number of fused-ring (bicyclic) bond motifs is 3. The van der Waals surface area contributed by atoms with Crippen LogP contribution in [0.3, 0.4) is 0 Å². The molecule has 1 N–H and O–H groups in total. The first-order valence-corrected chi connectivity index (χ1v) is 12.7. The Kier molecular flexibility index (Phi) is 6.63. The van der Waals surface area contributed by atoms with Gasteiger partial charge >= 0.3 is 0 Å². The Morgan fingerprint density at radius 1 is 1.11 bits per heavy atom. The third-order valence-electron chi connectivity index (χ3n) is 6.45. The Balaban J connectivity index is 1.38. The van der Waals surface area contributed by atoms with E-state index in [1.165, 1.54) is 30.3 Å². The molecule has 10 heteroatoms. The zero-order valence-corrected chi connectivity index (χ0v) is 19.9. The van der Waals surface area contributed by atoms with E-state index in [-0.39, 0.29) is 30.0 Å². The Morgan fingerprint density at radius 2 is 1.91 bits per heavy atom. The Morgan fingerprint density at radius 3 is 2.71 bits per heavy atom. The summed E-state index contributed by atoms with van der Waals surface area (Å²) in [6.45, 7) is 0. The molecule has 0 saturated heterocycles. The van der Waals surface area contributed by atoms with Crippen LogP contribution in [0, 0.1) is 10.1 Å². The number of benzene rings is 2. The number of hydrogen-bond acceptors (Lipinski definition) is 7. The SMILES string of the molecule is O=C(CC1C(=O)N=C2c3ccccc3N=C(SCc3cccc([N+](=O)[O-])c3)N21)NC1CCCCC1. The van der Waals surface area contributed by atoms with Gasteiger partial charge in [0.25, 0.3) is 11.6 Å². The van der Waals surface area contributed by atoms with Crippen molar-refractivity contribution < 1.29 is 14.5 Å². The molecule has 2 amide bonds. The number of carbonyl (C=O) groups excluding carboxylic acids is 2. The average Bonchev–Trinajstić information content (AvgIpc) is 3.19. The summed E-state index contributed by atoms with van der Waals surface area (Å²) in [5.74, 6) is 0.395. The number of non-ortho nitro benzene ring substituents is 1. The van der Waals surface area contributed by atoms with E-state index in [1.807, 2.05) is 30.3 Å².